The Bertz CT molecular complexity index is 839. The Labute approximate surface area is 154 Å². The molecule has 0 fully saturated rings. The zero-order valence-electron chi connectivity index (χ0n) is 15.4. The first-order chi connectivity index (χ1) is 12.6. The molecule has 0 aliphatic carbocycles. The molecule has 1 atom stereocenters. The van der Waals surface area contributed by atoms with Crippen LogP contribution in [0.3, 0.4) is 0 Å². The highest BCUT2D eigenvalue weighted by Gasteiger charge is 2.15. The van der Waals surface area contributed by atoms with E-state index in [1.165, 1.54) is 5.56 Å². The van der Waals surface area contributed by atoms with Crippen LogP contribution in [0.4, 0.5) is 0 Å². The Hall–Kier alpha value is -2.59. The molecule has 0 bridgehead atoms. The second kappa shape index (κ2) is 8.68. The molecule has 0 aliphatic rings. The van der Waals surface area contributed by atoms with Crippen LogP contribution < -0.4 is 10.6 Å². The predicted octanol–water partition coefficient (Wildman–Crippen LogP) is 4.37. The fraction of sp³-hybridized carbons (Fsp3) is 0.318. The lowest BCUT2D eigenvalue weighted by Gasteiger charge is -2.21. The van der Waals surface area contributed by atoms with Gasteiger partial charge in [0.1, 0.15) is 5.58 Å². The summed E-state index contributed by atoms with van der Waals surface area (Å²) >= 11 is 0. The Morgan fingerprint density at radius 1 is 1.04 bits per heavy atom. The topological polar surface area (TPSA) is 54.3 Å². The molecular weight excluding hydrogens is 324 g/mol. The van der Waals surface area contributed by atoms with E-state index in [-0.39, 0.29) is 11.9 Å². The molecule has 4 nitrogen and oxygen atoms in total. The molecule has 4 heteroatoms. The molecule has 2 N–H and O–H groups in total. The third-order valence-corrected chi connectivity index (χ3v) is 4.44. The summed E-state index contributed by atoms with van der Waals surface area (Å²) < 4.78 is 5.38. The van der Waals surface area contributed by atoms with Gasteiger partial charge in [0.15, 0.2) is 0 Å². The van der Waals surface area contributed by atoms with Crippen LogP contribution in [0.15, 0.2) is 65.3 Å². The van der Waals surface area contributed by atoms with Crippen molar-refractivity contribution in [2.24, 2.45) is 5.92 Å². The van der Waals surface area contributed by atoms with Crippen molar-refractivity contribution >= 4 is 16.9 Å². The van der Waals surface area contributed by atoms with E-state index < -0.39 is 0 Å². The van der Waals surface area contributed by atoms with Crippen LogP contribution in [-0.2, 0) is 6.54 Å². The standard InChI is InChI=1S/C22H26N2O2/c1-16(2)13-18(23-14-17-7-4-3-5-8-17)15-24-22(25)20-9-6-10-21-19(20)11-12-26-21/h3-12,16,18,23H,13-15H2,1-2H3,(H,24,25)/t18-/m1/s1. The van der Waals surface area contributed by atoms with Crippen molar-refractivity contribution in [3.05, 3.63) is 72.0 Å². The summed E-state index contributed by atoms with van der Waals surface area (Å²) in [6.07, 6.45) is 2.62. The van der Waals surface area contributed by atoms with Crippen LogP contribution in [-0.4, -0.2) is 18.5 Å². The highest BCUT2D eigenvalue weighted by molar-refractivity contribution is 6.05. The van der Waals surface area contributed by atoms with E-state index in [9.17, 15) is 4.79 Å². The smallest absolute Gasteiger partial charge is 0.252 e. The van der Waals surface area contributed by atoms with Crippen molar-refractivity contribution in [1.29, 1.82) is 0 Å². The minimum Gasteiger partial charge on any atom is -0.464 e. The van der Waals surface area contributed by atoms with Gasteiger partial charge in [-0.3, -0.25) is 4.79 Å². The van der Waals surface area contributed by atoms with Gasteiger partial charge in [-0.2, -0.15) is 0 Å². The summed E-state index contributed by atoms with van der Waals surface area (Å²) in [4.78, 5) is 12.6. The lowest BCUT2D eigenvalue weighted by molar-refractivity contribution is 0.0949. The van der Waals surface area contributed by atoms with E-state index in [1.54, 1.807) is 6.26 Å². The number of carbonyl (C=O) groups is 1. The van der Waals surface area contributed by atoms with Gasteiger partial charge >= 0.3 is 0 Å². The van der Waals surface area contributed by atoms with Gasteiger partial charge in [-0.05, 0) is 36.1 Å². The zero-order valence-corrected chi connectivity index (χ0v) is 15.4. The molecule has 0 saturated heterocycles. The van der Waals surface area contributed by atoms with Gasteiger partial charge < -0.3 is 15.1 Å². The maximum atomic E-state index is 12.6. The third-order valence-electron chi connectivity index (χ3n) is 4.44. The van der Waals surface area contributed by atoms with Gasteiger partial charge in [-0.25, -0.2) is 0 Å². The van der Waals surface area contributed by atoms with E-state index in [0.29, 0.717) is 18.0 Å². The number of fused-ring (bicyclic) bond motifs is 1. The van der Waals surface area contributed by atoms with Crippen molar-refractivity contribution in [2.45, 2.75) is 32.9 Å². The van der Waals surface area contributed by atoms with Crippen molar-refractivity contribution in [3.8, 4) is 0 Å². The Morgan fingerprint density at radius 2 is 1.85 bits per heavy atom. The van der Waals surface area contributed by atoms with Crippen LogP contribution in [0.2, 0.25) is 0 Å². The van der Waals surface area contributed by atoms with Crippen LogP contribution in [0.25, 0.3) is 11.0 Å². The average molecular weight is 350 g/mol. The first kappa shape index (κ1) is 18.2. The molecule has 0 spiro atoms. The number of carbonyl (C=O) groups excluding carboxylic acids is 1. The van der Waals surface area contributed by atoms with Gasteiger partial charge in [-0.15, -0.1) is 0 Å². The quantitative estimate of drug-likeness (QED) is 0.634. The Morgan fingerprint density at radius 3 is 2.62 bits per heavy atom. The number of nitrogens with one attached hydrogen (secondary N) is 2. The Balaban J connectivity index is 1.61. The van der Waals surface area contributed by atoms with Crippen molar-refractivity contribution in [1.82, 2.24) is 10.6 Å². The molecule has 136 valence electrons. The highest BCUT2D eigenvalue weighted by atomic mass is 16.3. The van der Waals surface area contributed by atoms with Gasteiger partial charge in [-0.1, -0.05) is 50.2 Å². The normalized spacial score (nSPS) is 12.4. The fourth-order valence-electron chi connectivity index (χ4n) is 3.17. The van der Waals surface area contributed by atoms with Gasteiger partial charge in [0, 0.05) is 24.5 Å². The van der Waals surface area contributed by atoms with E-state index >= 15 is 0 Å². The predicted molar refractivity (Wildman–Crippen MR) is 105 cm³/mol. The summed E-state index contributed by atoms with van der Waals surface area (Å²) in [5, 5.41) is 7.50. The van der Waals surface area contributed by atoms with Gasteiger partial charge in [0.05, 0.1) is 11.8 Å². The van der Waals surface area contributed by atoms with Crippen molar-refractivity contribution in [3.63, 3.8) is 0 Å². The molecule has 0 radical (unpaired) electrons. The second-order valence-corrected chi connectivity index (χ2v) is 7.04. The average Bonchev–Trinajstić information content (AvgIpc) is 3.13. The SMILES string of the molecule is CC(C)C[C@H](CNC(=O)c1cccc2occc12)NCc1ccccc1. The number of hydrogen-bond acceptors (Lipinski definition) is 3. The highest BCUT2D eigenvalue weighted by Crippen LogP contribution is 2.19. The molecule has 1 heterocycles. The molecule has 2 aromatic carbocycles. The number of benzene rings is 2. The first-order valence-corrected chi connectivity index (χ1v) is 9.15. The molecule has 0 aliphatic heterocycles. The molecule has 3 aromatic rings. The van der Waals surface area contributed by atoms with Crippen LogP contribution in [0, 0.1) is 5.92 Å². The largest absolute Gasteiger partial charge is 0.464 e. The Kier molecular flexibility index (Phi) is 6.08. The third kappa shape index (κ3) is 4.73. The van der Waals surface area contributed by atoms with E-state index in [2.05, 4.69) is 36.6 Å². The number of hydrogen-bond donors (Lipinski definition) is 2. The van der Waals surface area contributed by atoms with E-state index in [1.807, 2.05) is 42.5 Å². The van der Waals surface area contributed by atoms with Crippen LogP contribution in [0.5, 0.6) is 0 Å². The van der Waals surface area contributed by atoms with Crippen LogP contribution in [0.1, 0.15) is 36.2 Å². The zero-order chi connectivity index (χ0) is 18.4. The number of amides is 1. The van der Waals surface area contributed by atoms with Crippen molar-refractivity contribution in [2.75, 3.05) is 6.54 Å². The lowest BCUT2D eigenvalue weighted by atomic mass is 10.0. The summed E-state index contributed by atoms with van der Waals surface area (Å²) in [6, 6.07) is 17.9. The van der Waals surface area contributed by atoms with Gasteiger partial charge in [0.2, 0.25) is 0 Å². The second-order valence-electron chi connectivity index (χ2n) is 7.04. The maximum absolute atomic E-state index is 12.6. The minimum atomic E-state index is -0.0627. The lowest BCUT2D eigenvalue weighted by Crippen LogP contribution is -2.41. The fourth-order valence-corrected chi connectivity index (χ4v) is 3.17. The molecule has 0 saturated carbocycles. The number of furan rings is 1. The maximum Gasteiger partial charge on any atom is 0.252 e. The summed E-state index contributed by atoms with van der Waals surface area (Å²) in [5.41, 5.74) is 2.64. The summed E-state index contributed by atoms with van der Waals surface area (Å²) in [5.74, 6) is 0.491. The van der Waals surface area contributed by atoms with E-state index in [4.69, 9.17) is 4.42 Å². The molecule has 0 unspecified atom stereocenters. The molecule has 1 aromatic heterocycles. The summed E-state index contributed by atoms with van der Waals surface area (Å²) in [6.45, 7) is 5.79. The molecule has 1 amide bonds. The molecular formula is C22H26N2O2. The van der Waals surface area contributed by atoms with E-state index in [0.717, 1.165) is 23.9 Å². The molecule has 3 rings (SSSR count). The first-order valence-electron chi connectivity index (χ1n) is 9.15. The van der Waals surface area contributed by atoms with Crippen LogP contribution >= 0.6 is 0 Å². The molecule has 26 heavy (non-hydrogen) atoms. The van der Waals surface area contributed by atoms with Gasteiger partial charge in [0.25, 0.3) is 5.91 Å². The monoisotopic (exact) mass is 350 g/mol. The van der Waals surface area contributed by atoms with Crippen molar-refractivity contribution < 1.29 is 9.21 Å². The summed E-state index contributed by atoms with van der Waals surface area (Å²) in [7, 11) is 0. The number of rotatable bonds is 8. The minimum absolute atomic E-state index is 0.0627.